The van der Waals surface area contributed by atoms with E-state index in [9.17, 15) is 24.6 Å². The van der Waals surface area contributed by atoms with E-state index < -0.39 is 34.5 Å². The largest absolute Gasteiger partial charge is 0.644 e. The predicted octanol–water partition coefficient (Wildman–Crippen LogP) is 12.8. The first-order valence-corrected chi connectivity index (χ1v) is 20.3. The molecule has 0 atom stereocenters. The van der Waals surface area contributed by atoms with E-state index in [1.807, 2.05) is 120 Å². The zero-order valence-corrected chi connectivity index (χ0v) is 35.3. The van der Waals surface area contributed by atoms with Crippen LogP contribution < -0.4 is 10.8 Å². The Labute approximate surface area is 359 Å². The molecule has 8 aromatic rings. The van der Waals surface area contributed by atoms with Crippen LogP contribution in [0.1, 0.15) is 78.2 Å². The van der Waals surface area contributed by atoms with Gasteiger partial charge in [-0.1, -0.05) is 139 Å². The van der Waals surface area contributed by atoms with Crippen LogP contribution in [0.4, 0.5) is 11.4 Å². The van der Waals surface area contributed by atoms with Gasteiger partial charge in [0.05, 0.1) is 23.1 Å². The maximum absolute atomic E-state index is 14.4. The van der Waals surface area contributed by atoms with Gasteiger partial charge in [-0.25, -0.2) is 0 Å². The van der Waals surface area contributed by atoms with Gasteiger partial charge < -0.3 is 35.8 Å². The highest BCUT2D eigenvalue weighted by atomic mass is 16.6. The highest BCUT2D eigenvalue weighted by Gasteiger charge is 2.26. The number of carbonyl (C=O) groups is 3. The van der Waals surface area contributed by atoms with Crippen molar-refractivity contribution in [1.29, 1.82) is 0 Å². The molecule has 0 saturated carbocycles. The Balaban J connectivity index is 1.32. The fourth-order valence-electron chi connectivity index (χ4n) is 7.67. The first-order valence-electron chi connectivity index (χ1n) is 20.3. The summed E-state index contributed by atoms with van der Waals surface area (Å²) in [5.74, 6) is -2.10. The van der Waals surface area contributed by atoms with E-state index in [-0.39, 0.29) is 34.6 Å². The first-order chi connectivity index (χ1) is 29.5. The Bertz CT molecular complexity index is 3080. The fraction of sp³-hybridized carbons (Fsp3) is 0.173. The normalized spacial score (nSPS) is 11.8. The molecule has 0 radical (unpaired) electrons. The van der Waals surface area contributed by atoms with E-state index in [0.29, 0.717) is 38.4 Å². The maximum atomic E-state index is 14.4. The van der Waals surface area contributed by atoms with Crippen molar-refractivity contribution in [2.24, 2.45) is 0 Å². The lowest BCUT2D eigenvalue weighted by Crippen LogP contribution is -2.17. The number of carbonyl (C=O) groups excluding carboxylic acids is 3. The number of amides is 3. The van der Waals surface area contributed by atoms with Crippen LogP contribution in [0.5, 0.6) is 11.5 Å². The summed E-state index contributed by atoms with van der Waals surface area (Å²) in [6.07, 6.45) is 0. The van der Waals surface area contributed by atoms with Crippen LogP contribution in [0.15, 0.2) is 133 Å². The Morgan fingerprint density at radius 3 is 1.58 bits per heavy atom. The maximum Gasteiger partial charge on any atom is 0.259 e. The Hall–Kier alpha value is -7.43. The minimum atomic E-state index is -0.647. The molecule has 0 aliphatic rings. The molecule has 62 heavy (non-hydrogen) atoms. The summed E-state index contributed by atoms with van der Waals surface area (Å²) in [5.41, 5.74) is 4.19. The molecule has 0 aliphatic carbocycles. The Morgan fingerprint density at radius 2 is 1.02 bits per heavy atom. The van der Waals surface area contributed by atoms with Gasteiger partial charge in [0.15, 0.2) is 0 Å². The SMILES string of the molecule is CC(C)(C)[N-]C(=O)c1ccc2c(-c3c(O)c(C(=O)Nc4cccc5ccccc45)cc4cc(C(=O)[N-]C(C)(C)C)ccc34)c(O)c(CONc3cccc4ccccc34)cc2c1. The van der Waals surface area contributed by atoms with Gasteiger partial charge in [-0.15, -0.1) is 11.1 Å². The van der Waals surface area contributed by atoms with Gasteiger partial charge in [-0.3, -0.25) is 15.1 Å². The molecule has 0 bridgehead atoms. The lowest BCUT2D eigenvalue weighted by Gasteiger charge is -2.36. The zero-order chi connectivity index (χ0) is 43.9. The number of hydrogen-bond acceptors (Lipinski definition) is 7. The second-order valence-corrected chi connectivity index (χ2v) is 17.4. The van der Waals surface area contributed by atoms with E-state index in [1.54, 1.807) is 48.5 Å². The van der Waals surface area contributed by atoms with E-state index in [2.05, 4.69) is 21.4 Å². The number of anilines is 2. The first kappa shape index (κ1) is 41.3. The highest BCUT2D eigenvalue weighted by molar-refractivity contribution is 6.19. The van der Waals surface area contributed by atoms with Crippen LogP contribution in [0.3, 0.4) is 0 Å². The summed E-state index contributed by atoms with van der Waals surface area (Å²) in [6.45, 7) is 10.9. The van der Waals surface area contributed by atoms with Gasteiger partial charge in [0, 0.05) is 33.2 Å². The number of benzene rings is 8. The molecule has 10 nitrogen and oxygen atoms in total. The number of hydrogen-bond donors (Lipinski definition) is 4. The smallest absolute Gasteiger partial charge is 0.259 e. The van der Waals surface area contributed by atoms with Crippen molar-refractivity contribution in [1.82, 2.24) is 0 Å². The van der Waals surface area contributed by atoms with Gasteiger partial charge in [-0.2, -0.15) is 0 Å². The minimum absolute atomic E-state index is 0.0969. The minimum Gasteiger partial charge on any atom is -0.644 e. The second-order valence-electron chi connectivity index (χ2n) is 17.4. The van der Waals surface area contributed by atoms with Crippen molar-refractivity contribution in [3.05, 3.63) is 166 Å². The molecule has 4 N–H and O–H groups in total. The molecular weight excluding hydrogens is 777 g/mol. The van der Waals surface area contributed by atoms with Gasteiger partial charge in [-0.05, 0) is 79.8 Å². The number of phenolic OH excluding ortho intramolecular Hbond substituents is 2. The molecule has 3 amide bonds. The fourth-order valence-corrected chi connectivity index (χ4v) is 7.67. The van der Waals surface area contributed by atoms with Gasteiger partial charge >= 0.3 is 0 Å². The third kappa shape index (κ3) is 8.46. The Kier molecular flexibility index (Phi) is 10.8. The number of nitrogens with zero attached hydrogens (tertiary/aromatic N) is 2. The van der Waals surface area contributed by atoms with Crippen molar-refractivity contribution >= 4 is 72.2 Å². The lowest BCUT2D eigenvalue weighted by molar-refractivity contribution is 0.101. The number of aromatic hydroxyl groups is 2. The number of nitrogens with one attached hydrogen (secondary N) is 2. The molecule has 8 aromatic carbocycles. The van der Waals surface area contributed by atoms with E-state index in [0.717, 1.165) is 27.2 Å². The van der Waals surface area contributed by atoms with Crippen LogP contribution >= 0.6 is 0 Å². The van der Waals surface area contributed by atoms with E-state index >= 15 is 0 Å². The molecule has 0 aromatic heterocycles. The van der Waals surface area contributed by atoms with Gasteiger partial charge in [0.1, 0.15) is 18.1 Å². The molecule has 0 saturated heterocycles. The second kappa shape index (κ2) is 16.2. The van der Waals surface area contributed by atoms with Gasteiger partial charge in [0.25, 0.3) is 5.91 Å². The van der Waals surface area contributed by atoms with Gasteiger partial charge in [0.2, 0.25) is 0 Å². The number of fused-ring (bicyclic) bond motifs is 4. The third-order valence-corrected chi connectivity index (χ3v) is 10.4. The third-order valence-electron chi connectivity index (χ3n) is 10.4. The average molecular weight is 823 g/mol. The zero-order valence-electron chi connectivity index (χ0n) is 35.3. The van der Waals surface area contributed by atoms with Crippen LogP contribution in [0.25, 0.3) is 64.9 Å². The van der Waals surface area contributed by atoms with Crippen LogP contribution in [0.2, 0.25) is 0 Å². The topological polar surface area (TPSA) is 153 Å². The van der Waals surface area contributed by atoms with E-state index in [1.165, 1.54) is 6.07 Å². The van der Waals surface area contributed by atoms with Crippen molar-refractivity contribution in [3.63, 3.8) is 0 Å². The summed E-state index contributed by atoms with van der Waals surface area (Å²) in [4.78, 5) is 47.4. The van der Waals surface area contributed by atoms with Crippen molar-refractivity contribution in [2.75, 3.05) is 10.8 Å². The molecule has 8 rings (SSSR count). The molecule has 0 fully saturated rings. The van der Waals surface area contributed by atoms with Crippen LogP contribution in [0, 0.1) is 0 Å². The van der Waals surface area contributed by atoms with Crippen molar-refractivity contribution < 1.29 is 29.4 Å². The standard InChI is InChI=1S/C52H48N4O6/c1-51(2,3)54-48(59)32-21-23-39-34(25-32)27-36(29-62-56-43-20-12-16-31-14-8-10-18-38(31)43)46(57)44(39)45-40-24-22-33(49(60)55-52(4,5)6)26-35(40)28-41(47(45)58)50(61)53-42-19-11-15-30-13-7-9-17-37(30)42/h7-28,56H,29H2,1-6H3,(H5,53,54,55,57,58,59,60,61)/p-2. The van der Waals surface area contributed by atoms with Crippen LogP contribution in [-0.2, 0) is 11.4 Å². The summed E-state index contributed by atoms with van der Waals surface area (Å²) < 4.78 is 0. The van der Waals surface area contributed by atoms with Crippen molar-refractivity contribution in [2.45, 2.75) is 59.2 Å². The summed E-state index contributed by atoms with van der Waals surface area (Å²) in [5, 5.41) is 42.1. The highest BCUT2D eigenvalue weighted by Crippen LogP contribution is 2.48. The average Bonchev–Trinajstić information content (AvgIpc) is 3.22. The molecule has 0 heterocycles. The van der Waals surface area contributed by atoms with Crippen LogP contribution in [-0.4, -0.2) is 39.0 Å². The molecule has 0 aliphatic heterocycles. The number of phenols is 2. The lowest BCUT2D eigenvalue weighted by atomic mass is 9.87. The molecular formula is C52H46N4O6-2. The summed E-state index contributed by atoms with van der Waals surface area (Å²) in [7, 11) is 0. The molecule has 10 heteroatoms. The predicted molar refractivity (Wildman–Crippen MR) is 249 cm³/mol. The monoisotopic (exact) mass is 822 g/mol. The summed E-state index contributed by atoms with van der Waals surface area (Å²) >= 11 is 0. The molecule has 0 unspecified atom stereocenters. The van der Waals surface area contributed by atoms with Crippen molar-refractivity contribution in [3.8, 4) is 22.6 Å². The molecule has 0 spiro atoms. The number of rotatable bonds is 9. The Morgan fingerprint density at radius 1 is 0.532 bits per heavy atom. The summed E-state index contributed by atoms with van der Waals surface area (Å²) in [6, 6.07) is 40.1. The quantitative estimate of drug-likeness (QED) is 0.106. The van der Waals surface area contributed by atoms with E-state index in [4.69, 9.17) is 4.84 Å². The molecule has 312 valence electrons.